The van der Waals surface area contributed by atoms with Crippen molar-refractivity contribution in [3.63, 3.8) is 0 Å². The number of carbonyl (C=O) groups is 2. The number of hydrogen-bond donors (Lipinski definition) is 5. The van der Waals surface area contributed by atoms with Crippen LogP contribution >= 0.6 is 0 Å². The lowest BCUT2D eigenvalue weighted by Crippen LogP contribution is -2.61. The van der Waals surface area contributed by atoms with Gasteiger partial charge in [-0.25, -0.2) is 4.79 Å². The summed E-state index contributed by atoms with van der Waals surface area (Å²) >= 11 is 0. The number of fused-ring (bicyclic) bond motifs is 1. The molecule has 19 heteroatoms. The number of rotatable bonds is 16. The van der Waals surface area contributed by atoms with Gasteiger partial charge in [-0.05, 0) is 140 Å². The minimum atomic E-state index is -1.84. The monoisotopic (exact) mass is 1090 g/mol. The number of aliphatic hydroxyl groups excluding tert-OH is 2. The molecule has 3 fully saturated rings. The second-order valence-corrected chi connectivity index (χ2v) is 24.3. The Hall–Kier alpha value is -3.41. The van der Waals surface area contributed by atoms with Crippen molar-refractivity contribution in [3.8, 4) is 0 Å². The van der Waals surface area contributed by atoms with Gasteiger partial charge < -0.3 is 77.8 Å². The summed E-state index contributed by atoms with van der Waals surface area (Å²) in [6, 6.07) is 4.52. The van der Waals surface area contributed by atoms with Gasteiger partial charge >= 0.3 is 11.9 Å². The fourth-order valence-corrected chi connectivity index (χ4v) is 11.9. The predicted octanol–water partition coefficient (Wildman–Crippen LogP) is 5.81. The van der Waals surface area contributed by atoms with Crippen molar-refractivity contribution in [2.75, 3.05) is 54.6 Å². The van der Waals surface area contributed by atoms with Gasteiger partial charge in [-0.2, -0.15) is 0 Å². The van der Waals surface area contributed by atoms with Crippen molar-refractivity contribution in [2.24, 2.45) is 17.8 Å². The molecule has 5 N–H and O–H groups in total. The van der Waals surface area contributed by atoms with Crippen LogP contribution in [0.15, 0.2) is 35.3 Å². The van der Waals surface area contributed by atoms with Crippen LogP contribution in [0.25, 0.3) is 17.0 Å². The highest BCUT2D eigenvalue weighted by molar-refractivity contribution is 5.93. The number of aromatic carboxylic acids is 1. The molecule has 3 aliphatic heterocycles. The lowest BCUT2D eigenvalue weighted by molar-refractivity contribution is -0.320. The zero-order valence-electron chi connectivity index (χ0n) is 49.1. The Morgan fingerprint density at radius 1 is 0.961 bits per heavy atom. The maximum Gasteiger partial charge on any atom is 0.341 e. The maximum absolute atomic E-state index is 14.6. The van der Waals surface area contributed by atoms with Crippen molar-refractivity contribution in [2.45, 2.75) is 218 Å². The van der Waals surface area contributed by atoms with Crippen LogP contribution < -0.4 is 5.43 Å². The molecule has 1 aromatic heterocycles. The molecule has 0 aliphatic carbocycles. The zero-order valence-corrected chi connectivity index (χ0v) is 49.1. The average Bonchev–Trinajstić information content (AvgIpc) is 3.34. The molecule has 0 bridgehead atoms. The van der Waals surface area contributed by atoms with E-state index < -0.39 is 113 Å². The van der Waals surface area contributed by atoms with Crippen LogP contribution in [0.2, 0.25) is 0 Å². The van der Waals surface area contributed by atoms with Crippen LogP contribution in [0.5, 0.6) is 0 Å². The first-order chi connectivity index (χ1) is 35.8. The van der Waals surface area contributed by atoms with Crippen LogP contribution in [-0.4, -0.2) is 197 Å². The fraction of sp³-hybridized carbons (Fsp3) is 0.776. The first-order valence-electron chi connectivity index (χ1n) is 27.6. The Kier molecular flexibility index (Phi) is 22.1. The lowest BCUT2D eigenvalue weighted by Gasteiger charge is -2.49. The number of benzene rings is 1. The standard InChI is InChI=1S/C58H95N3O16/c1-18-44-58(13,69)49(64)37(6)60(16)31-33(2)29-56(11,68)50(77-54-47(63)43(59(14)15)27-34(3)73-54)35(4)48(36(5)53(67)75-44)76-45-30-57(12,70-17)51(38(7)74-45)72-26-20-25-71-24-19-21-39-22-23-42-40(28-39)46(62)41(52(65)66)32-61(42)55(8,9)10/h19,21-23,28,32-38,43-45,47-51,54,63-64,68-69H,18,20,24-27,29-31H2,1-17H3,(H,65,66)/t33-,34-,35+,36-,37-,38+,43+,44-,45+,47-,48+,49-,50-,51+,54+,56-,57-,58-/m1/s1. The van der Waals surface area contributed by atoms with Gasteiger partial charge in [0.25, 0.3) is 0 Å². The Morgan fingerprint density at radius 2 is 1.64 bits per heavy atom. The molecule has 0 radical (unpaired) electrons. The van der Waals surface area contributed by atoms with Crippen molar-refractivity contribution in [3.05, 3.63) is 51.8 Å². The number of carboxylic acids is 1. The molecule has 438 valence electrons. The van der Waals surface area contributed by atoms with Gasteiger partial charge in [-0.15, -0.1) is 0 Å². The molecule has 0 unspecified atom stereocenters. The van der Waals surface area contributed by atoms with E-state index >= 15 is 0 Å². The molecule has 0 spiro atoms. The highest BCUT2D eigenvalue weighted by atomic mass is 16.7. The van der Waals surface area contributed by atoms with Crippen molar-refractivity contribution in [1.29, 1.82) is 0 Å². The van der Waals surface area contributed by atoms with Crippen molar-refractivity contribution in [1.82, 2.24) is 14.4 Å². The summed E-state index contributed by atoms with van der Waals surface area (Å²) in [5.74, 6) is -4.00. The molecular weight excluding hydrogens is 995 g/mol. The number of carboxylic acid groups (broad SMARTS) is 1. The summed E-state index contributed by atoms with van der Waals surface area (Å²) in [6.45, 7) is 25.2. The third-order valence-corrected chi connectivity index (χ3v) is 16.4. The van der Waals surface area contributed by atoms with Gasteiger partial charge in [0, 0.05) is 68.4 Å². The maximum atomic E-state index is 14.6. The number of pyridine rings is 1. The molecule has 77 heavy (non-hydrogen) atoms. The smallest absolute Gasteiger partial charge is 0.341 e. The Balaban J connectivity index is 1.34. The number of nitrogens with zero attached hydrogens (tertiary/aromatic N) is 3. The average molecular weight is 1090 g/mol. The number of hydrogen-bond acceptors (Lipinski definition) is 17. The first-order valence-corrected chi connectivity index (χ1v) is 27.6. The Bertz CT molecular complexity index is 2350. The van der Waals surface area contributed by atoms with E-state index in [1.54, 1.807) is 40.9 Å². The van der Waals surface area contributed by atoms with Crippen LogP contribution in [0.3, 0.4) is 0 Å². The third kappa shape index (κ3) is 15.3. The molecule has 4 heterocycles. The number of aromatic nitrogens is 1. The minimum absolute atomic E-state index is 0.176. The van der Waals surface area contributed by atoms with Crippen LogP contribution in [0.1, 0.15) is 138 Å². The van der Waals surface area contributed by atoms with E-state index in [0.29, 0.717) is 43.5 Å². The van der Waals surface area contributed by atoms with E-state index in [2.05, 4.69) is 0 Å². The van der Waals surface area contributed by atoms with E-state index in [1.807, 2.05) is 115 Å². The molecule has 0 saturated carbocycles. The molecule has 1 aromatic carbocycles. The van der Waals surface area contributed by atoms with Crippen molar-refractivity contribution >= 4 is 28.9 Å². The first kappa shape index (κ1) is 64.4. The van der Waals surface area contributed by atoms with Gasteiger partial charge in [0.2, 0.25) is 5.43 Å². The highest BCUT2D eigenvalue weighted by Crippen LogP contribution is 2.41. The molecule has 3 saturated heterocycles. The SMILES string of the molecule is CC[C@H]1OC(=O)[C@H](C)[C@@H](O[C@H]2C[C@@](C)(OC)[C@@H](OCCCOCC=Cc3ccc4c(c3)c(=O)c(C(=O)O)cn4C(C)(C)C)[C@H](C)O2)[C@H](C)[C@@H](O[C@@H]2O[C@H](C)C[C@H](N(C)C)[C@H]2O)[C@](C)(O)C[C@@H](C)CN(C)[C@H](C)[C@@H](O)[C@]1(C)O. The third-order valence-electron chi connectivity index (χ3n) is 16.4. The summed E-state index contributed by atoms with van der Waals surface area (Å²) in [7, 11) is 7.21. The summed E-state index contributed by atoms with van der Waals surface area (Å²) in [6.07, 6.45) is -2.42. The minimum Gasteiger partial charge on any atom is -0.477 e. The lowest BCUT2D eigenvalue weighted by atomic mass is 9.77. The zero-order chi connectivity index (χ0) is 57.7. The molecule has 3 aliphatic rings. The van der Waals surface area contributed by atoms with Gasteiger partial charge in [-0.1, -0.05) is 39.0 Å². The van der Waals surface area contributed by atoms with E-state index in [-0.39, 0.29) is 49.5 Å². The topological polar surface area (TPSA) is 238 Å². The second kappa shape index (κ2) is 26.5. The van der Waals surface area contributed by atoms with Crippen molar-refractivity contribution < 1.29 is 73.0 Å². The molecule has 2 aromatic rings. The van der Waals surface area contributed by atoms with E-state index in [4.69, 9.17) is 37.9 Å². The normalized spacial score (nSPS) is 37.7. The number of cyclic esters (lactones) is 1. The van der Waals surface area contributed by atoms with Gasteiger partial charge in [-0.3, -0.25) is 9.59 Å². The summed E-state index contributed by atoms with van der Waals surface area (Å²) in [5.41, 5.74) is -4.29. The summed E-state index contributed by atoms with van der Waals surface area (Å²) in [5, 5.41) is 58.2. The number of aliphatic hydroxyl groups is 4. The van der Waals surface area contributed by atoms with E-state index in [0.717, 1.165) is 5.56 Å². The predicted molar refractivity (Wildman–Crippen MR) is 293 cm³/mol. The molecule has 0 amide bonds. The van der Waals surface area contributed by atoms with Crippen LogP contribution in [0.4, 0.5) is 0 Å². The molecule has 18 atom stereocenters. The van der Waals surface area contributed by atoms with Gasteiger partial charge in [0.1, 0.15) is 35.6 Å². The summed E-state index contributed by atoms with van der Waals surface area (Å²) in [4.78, 5) is 43.5. The Morgan fingerprint density at radius 3 is 2.25 bits per heavy atom. The largest absolute Gasteiger partial charge is 0.477 e. The highest BCUT2D eigenvalue weighted by Gasteiger charge is 2.53. The number of esters is 1. The second-order valence-electron chi connectivity index (χ2n) is 24.3. The molecule has 5 rings (SSSR count). The molecule has 19 nitrogen and oxygen atoms in total. The number of methoxy groups -OCH3 is 1. The quantitative estimate of drug-likeness (QED) is 0.0984. The van der Waals surface area contributed by atoms with E-state index in [9.17, 15) is 39.9 Å². The number of likely N-dealkylation sites (N-methyl/N-ethyl adjacent to an activating group) is 2. The van der Waals surface area contributed by atoms with Crippen LogP contribution in [-0.2, 0) is 48.2 Å². The van der Waals surface area contributed by atoms with E-state index in [1.165, 1.54) is 13.1 Å². The van der Waals surface area contributed by atoms with Crippen LogP contribution in [0, 0.1) is 17.8 Å². The fourth-order valence-electron chi connectivity index (χ4n) is 11.9. The number of ether oxygens (including phenoxy) is 8. The molecular formula is C58H95N3O16. The number of carbonyl (C=O) groups excluding carboxylic acids is 1. The van der Waals surface area contributed by atoms with Gasteiger partial charge in [0.05, 0.1) is 53.7 Å². The van der Waals surface area contributed by atoms with Gasteiger partial charge in [0.15, 0.2) is 12.6 Å². The summed E-state index contributed by atoms with van der Waals surface area (Å²) < 4.78 is 53.2. The Labute approximate surface area is 457 Å².